The Bertz CT molecular complexity index is 511. The quantitative estimate of drug-likeness (QED) is 0.814. The van der Waals surface area contributed by atoms with Gasteiger partial charge in [-0.3, -0.25) is 4.98 Å². The summed E-state index contributed by atoms with van der Waals surface area (Å²) in [5.41, 5.74) is 1.75. The van der Waals surface area contributed by atoms with Crippen LogP contribution in [0.25, 0.3) is 0 Å². The lowest BCUT2D eigenvalue weighted by Crippen LogP contribution is -2.00. The summed E-state index contributed by atoms with van der Waals surface area (Å²) in [5.74, 6) is 0.256. The van der Waals surface area contributed by atoms with Crippen LogP contribution in [0.3, 0.4) is 0 Å². The minimum absolute atomic E-state index is 0.269. The van der Waals surface area contributed by atoms with Crippen molar-refractivity contribution < 1.29 is 9.13 Å². The van der Waals surface area contributed by atoms with Gasteiger partial charge in [0, 0.05) is 6.20 Å². The summed E-state index contributed by atoms with van der Waals surface area (Å²) in [6.45, 7) is 4.34. The summed E-state index contributed by atoms with van der Waals surface area (Å²) in [4.78, 5) is 4.12. The van der Waals surface area contributed by atoms with Gasteiger partial charge in [-0.05, 0) is 35.7 Å². The van der Waals surface area contributed by atoms with Crippen LogP contribution in [0.4, 0.5) is 4.39 Å². The lowest BCUT2D eigenvalue weighted by molar-refractivity contribution is 0.285. The SMILES string of the molecule is CC(C)c1ccc(OCc2ccccn2)c(F)c1. The number of pyridine rings is 1. The third-order valence-electron chi connectivity index (χ3n) is 2.72. The Balaban J connectivity index is 2.06. The molecule has 0 saturated carbocycles. The van der Waals surface area contributed by atoms with Crippen molar-refractivity contribution in [2.45, 2.75) is 26.4 Å². The molecule has 0 radical (unpaired) electrons. The lowest BCUT2D eigenvalue weighted by Gasteiger charge is -2.10. The molecular formula is C15H16FNO. The zero-order valence-electron chi connectivity index (χ0n) is 10.6. The Morgan fingerprint density at radius 1 is 1.22 bits per heavy atom. The maximum absolute atomic E-state index is 13.8. The molecule has 1 aromatic heterocycles. The molecular weight excluding hydrogens is 229 g/mol. The minimum Gasteiger partial charge on any atom is -0.484 e. The fraction of sp³-hybridized carbons (Fsp3) is 0.267. The maximum atomic E-state index is 13.8. The molecule has 2 nitrogen and oxygen atoms in total. The number of hydrogen-bond donors (Lipinski definition) is 0. The lowest BCUT2D eigenvalue weighted by atomic mass is 10.0. The molecule has 1 aromatic carbocycles. The topological polar surface area (TPSA) is 22.1 Å². The third-order valence-corrected chi connectivity index (χ3v) is 2.72. The van der Waals surface area contributed by atoms with E-state index in [1.807, 2.05) is 38.1 Å². The predicted octanol–water partition coefficient (Wildman–Crippen LogP) is 3.92. The monoisotopic (exact) mass is 245 g/mol. The van der Waals surface area contributed by atoms with Crippen LogP contribution in [-0.2, 0) is 6.61 Å². The molecule has 0 unspecified atom stereocenters. The summed E-state index contributed by atoms with van der Waals surface area (Å²) < 4.78 is 19.2. The van der Waals surface area contributed by atoms with Crippen LogP contribution < -0.4 is 4.74 Å². The zero-order chi connectivity index (χ0) is 13.0. The first-order valence-electron chi connectivity index (χ1n) is 5.99. The number of hydrogen-bond acceptors (Lipinski definition) is 2. The van der Waals surface area contributed by atoms with Crippen molar-refractivity contribution in [1.29, 1.82) is 0 Å². The van der Waals surface area contributed by atoms with Gasteiger partial charge in [0.25, 0.3) is 0 Å². The van der Waals surface area contributed by atoms with E-state index in [0.29, 0.717) is 5.92 Å². The molecule has 0 aliphatic heterocycles. The zero-order valence-corrected chi connectivity index (χ0v) is 10.6. The van der Waals surface area contributed by atoms with Crippen molar-refractivity contribution >= 4 is 0 Å². The van der Waals surface area contributed by atoms with E-state index >= 15 is 0 Å². The van der Waals surface area contributed by atoms with E-state index in [2.05, 4.69) is 4.98 Å². The van der Waals surface area contributed by atoms with Gasteiger partial charge in [-0.25, -0.2) is 4.39 Å². The van der Waals surface area contributed by atoms with E-state index < -0.39 is 0 Å². The van der Waals surface area contributed by atoms with E-state index in [9.17, 15) is 4.39 Å². The van der Waals surface area contributed by atoms with Crippen LogP contribution in [0.5, 0.6) is 5.75 Å². The standard InChI is InChI=1S/C15H16FNO/c1-11(2)12-6-7-15(14(16)9-12)18-10-13-5-3-4-8-17-13/h3-9,11H,10H2,1-2H3. The summed E-state index contributed by atoms with van der Waals surface area (Å²) in [6, 6.07) is 10.7. The summed E-state index contributed by atoms with van der Waals surface area (Å²) in [6.07, 6.45) is 1.69. The second-order valence-corrected chi connectivity index (χ2v) is 4.45. The molecule has 0 fully saturated rings. The van der Waals surface area contributed by atoms with Gasteiger partial charge in [0.1, 0.15) is 6.61 Å². The van der Waals surface area contributed by atoms with Gasteiger partial charge >= 0.3 is 0 Å². The fourth-order valence-electron chi connectivity index (χ4n) is 1.63. The molecule has 2 aromatic rings. The van der Waals surface area contributed by atoms with Crippen molar-refractivity contribution in [1.82, 2.24) is 4.98 Å². The number of ether oxygens (including phenoxy) is 1. The van der Waals surface area contributed by atoms with Gasteiger partial charge in [-0.1, -0.05) is 26.0 Å². The Kier molecular flexibility index (Phi) is 3.92. The highest BCUT2D eigenvalue weighted by molar-refractivity contribution is 5.31. The molecule has 3 heteroatoms. The molecule has 0 saturated heterocycles. The minimum atomic E-state index is -0.322. The van der Waals surface area contributed by atoms with E-state index in [4.69, 9.17) is 4.74 Å². The fourth-order valence-corrected chi connectivity index (χ4v) is 1.63. The van der Waals surface area contributed by atoms with E-state index in [0.717, 1.165) is 11.3 Å². The van der Waals surface area contributed by atoms with Crippen LogP contribution in [-0.4, -0.2) is 4.98 Å². The van der Waals surface area contributed by atoms with Gasteiger partial charge in [0.05, 0.1) is 5.69 Å². The number of nitrogens with zero attached hydrogens (tertiary/aromatic N) is 1. The number of aromatic nitrogens is 1. The highest BCUT2D eigenvalue weighted by Crippen LogP contribution is 2.23. The first-order chi connectivity index (χ1) is 8.66. The van der Waals surface area contributed by atoms with Gasteiger partial charge < -0.3 is 4.74 Å². The van der Waals surface area contributed by atoms with E-state index in [-0.39, 0.29) is 18.2 Å². The molecule has 0 amide bonds. The smallest absolute Gasteiger partial charge is 0.165 e. The number of benzene rings is 1. The van der Waals surface area contributed by atoms with Gasteiger partial charge in [0.15, 0.2) is 11.6 Å². The van der Waals surface area contributed by atoms with Crippen molar-refractivity contribution in [3.8, 4) is 5.75 Å². The second kappa shape index (κ2) is 5.63. The van der Waals surface area contributed by atoms with Crippen LogP contribution in [0, 0.1) is 5.82 Å². The van der Waals surface area contributed by atoms with Gasteiger partial charge in [-0.15, -0.1) is 0 Å². The molecule has 0 bridgehead atoms. The van der Waals surface area contributed by atoms with E-state index in [1.165, 1.54) is 6.07 Å². The van der Waals surface area contributed by atoms with E-state index in [1.54, 1.807) is 12.3 Å². The molecule has 0 aliphatic carbocycles. The Hall–Kier alpha value is -1.90. The average molecular weight is 245 g/mol. The van der Waals surface area contributed by atoms with Crippen LogP contribution >= 0.6 is 0 Å². The molecule has 2 rings (SSSR count). The highest BCUT2D eigenvalue weighted by atomic mass is 19.1. The number of rotatable bonds is 4. The maximum Gasteiger partial charge on any atom is 0.165 e. The first-order valence-corrected chi connectivity index (χ1v) is 5.99. The number of halogens is 1. The molecule has 1 heterocycles. The second-order valence-electron chi connectivity index (χ2n) is 4.45. The van der Waals surface area contributed by atoms with Crippen LogP contribution in [0.15, 0.2) is 42.6 Å². The summed E-state index contributed by atoms with van der Waals surface area (Å²) in [7, 11) is 0. The Morgan fingerprint density at radius 2 is 2.06 bits per heavy atom. The normalized spacial score (nSPS) is 10.7. The summed E-state index contributed by atoms with van der Waals surface area (Å²) in [5, 5.41) is 0. The molecule has 94 valence electrons. The predicted molar refractivity (Wildman–Crippen MR) is 69.1 cm³/mol. The van der Waals surface area contributed by atoms with Gasteiger partial charge in [0.2, 0.25) is 0 Å². The van der Waals surface area contributed by atoms with Crippen molar-refractivity contribution in [3.05, 3.63) is 59.7 Å². The van der Waals surface area contributed by atoms with Crippen molar-refractivity contribution in [2.75, 3.05) is 0 Å². The average Bonchev–Trinajstić information content (AvgIpc) is 2.38. The molecule has 18 heavy (non-hydrogen) atoms. The molecule has 0 spiro atoms. The van der Waals surface area contributed by atoms with Crippen molar-refractivity contribution in [3.63, 3.8) is 0 Å². The Labute approximate surface area is 106 Å². The van der Waals surface area contributed by atoms with Crippen molar-refractivity contribution in [2.24, 2.45) is 0 Å². The first kappa shape index (κ1) is 12.6. The molecule has 0 aliphatic rings. The molecule has 0 N–H and O–H groups in total. The Morgan fingerprint density at radius 3 is 2.67 bits per heavy atom. The highest BCUT2D eigenvalue weighted by Gasteiger charge is 2.07. The summed E-state index contributed by atoms with van der Waals surface area (Å²) >= 11 is 0. The van der Waals surface area contributed by atoms with Crippen LogP contribution in [0.2, 0.25) is 0 Å². The third kappa shape index (κ3) is 3.06. The largest absolute Gasteiger partial charge is 0.484 e. The molecule has 0 atom stereocenters. The van der Waals surface area contributed by atoms with Crippen LogP contribution in [0.1, 0.15) is 31.0 Å². The van der Waals surface area contributed by atoms with Gasteiger partial charge in [-0.2, -0.15) is 0 Å².